The molecule has 0 aliphatic rings. The number of halogens is 4. The molecule has 1 aromatic heterocycles. The molecule has 0 spiro atoms. The molecule has 1 aromatic carbocycles. The molecule has 2 rings (SSSR count). The van der Waals surface area contributed by atoms with E-state index in [4.69, 9.17) is 5.11 Å². The molecule has 0 unspecified atom stereocenters. The topological polar surface area (TPSA) is 50.2 Å². The summed E-state index contributed by atoms with van der Waals surface area (Å²) >= 11 is 5.14. The van der Waals surface area contributed by atoms with Gasteiger partial charge in [0, 0.05) is 9.37 Å². The average molecular weight is 398 g/mol. The number of hydrogen-bond donors (Lipinski definition) is 1. The molecule has 0 fully saturated rings. The number of aromatic carboxylic acids is 1. The minimum absolute atomic E-state index is 0.129. The Morgan fingerprint density at radius 2 is 2.14 bits per heavy atom. The lowest BCUT2D eigenvalue weighted by atomic mass is 10.3. The first-order valence-electron chi connectivity index (χ1n) is 5.46. The van der Waals surface area contributed by atoms with E-state index in [0.717, 1.165) is 9.37 Å². The van der Waals surface area contributed by atoms with Crippen LogP contribution in [-0.4, -0.2) is 16.1 Å². The number of carboxylic acid groups (broad SMARTS) is 1. The fraction of sp³-hybridized carbons (Fsp3) is 0.167. The van der Waals surface area contributed by atoms with E-state index in [0.29, 0.717) is 11.3 Å². The fourth-order valence-corrected chi connectivity index (χ4v) is 3.89. The molecule has 0 bridgehead atoms. The summed E-state index contributed by atoms with van der Waals surface area (Å²) in [5, 5.41) is 8.95. The van der Waals surface area contributed by atoms with E-state index in [-0.39, 0.29) is 10.8 Å². The summed E-state index contributed by atoms with van der Waals surface area (Å²) in [5.41, 5.74) is -1.33. The second-order valence-corrected chi connectivity index (χ2v) is 6.88. The minimum atomic E-state index is -4.76. The monoisotopic (exact) mass is 397 g/mol. The Bertz CT molecular complexity index is 673. The van der Waals surface area contributed by atoms with E-state index in [2.05, 4.69) is 20.9 Å². The van der Waals surface area contributed by atoms with Crippen LogP contribution in [0.2, 0.25) is 0 Å². The van der Waals surface area contributed by atoms with Gasteiger partial charge in [-0.25, -0.2) is 9.78 Å². The van der Waals surface area contributed by atoms with Crippen molar-refractivity contribution in [3.8, 4) is 0 Å². The predicted molar refractivity (Wildman–Crippen MR) is 77.8 cm³/mol. The molecule has 0 radical (unpaired) electrons. The zero-order valence-corrected chi connectivity index (χ0v) is 13.4. The highest BCUT2D eigenvalue weighted by atomic mass is 79.9. The van der Waals surface area contributed by atoms with Crippen molar-refractivity contribution in [2.45, 2.75) is 16.8 Å². The molecule has 21 heavy (non-hydrogen) atoms. The molecule has 2 aromatic rings. The van der Waals surface area contributed by atoms with Gasteiger partial charge in [0.15, 0.2) is 5.69 Å². The number of thioether (sulfide) groups is 1. The fourth-order valence-electron chi connectivity index (χ4n) is 1.47. The van der Waals surface area contributed by atoms with Gasteiger partial charge in [0.1, 0.15) is 9.88 Å². The van der Waals surface area contributed by atoms with Gasteiger partial charge >= 0.3 is 12.1 Å². The number of carboxylic acids is 1. The molecule has 3 nitrogen and oxygen atoms in total. The van der Waals surface area contributed by atoms with Crippen LogP contribution < -0.4 is 0 Å². The van der Waals surface area contributed by atoms with Gasteiger partial charge in [-0.1, -0.05) is 22.0 Å². The van der Waals surface area contributed by atoms with Crippen LogP contribution in [0, 0.1) is 0 Å². The lowest BCUT2D eigenvalue weighted by Gasteiger charge is -2.02. The maximum absolute atomic E-state index is 12.7. The third kappa shape index (κ3) is 4.21. The van der Waals surface area contributed by atoms with Crippen LogP contribution in [0.4, 0.5) is 13.2 Å². The van der Waals surface area contributed by atoms with Crippen LogP contribution in [0.15, 0.2) is 33.6 Å². The van der Waals surface area contributed by atoms with Crippen LogP contribution in [0.3, 0.4) is 0 Å². The molecule has 1 N–H and O–H groups in total. The molecule has 0 saturated carbocycles. The Morgan fingerprint density at radius 1 is 1.43 bits per heavy atom. The maximum Gasteiger partial charge on any atom is 0.435 e. The number of hydrogen-bond acceptors (Lipinski definition) is 4. The zero-order valence-electron chi connectivity index (χ0n) is 10.1. The van der Waals surface area contributed by atoms with Crippen LogP contribution in [0.1, 0.15) is 20.4 Å². The first-order valence-corrected chi connectivity index (χ1v) is 8.05. The van der Waals surface area contributed by atoms with Crippen molar-refractivity contribution in [3.63, 3.8) is 0 Å². The largest absolute Gasteiger partial charge is 0.477 e. The second-order valence-electron chi connectivity index (χ2n) is 3.83. The third-order valence-corrected chi connectivity index (χ3v) is 5.02. The molecular formula is C12H7BrF3NO2S2. The molecule has 112 valence electrons. The number of benzene rings is 1. The van der Waals surface area contributed by atoms with Gasteiger partial charge in [-0.05, 0) is 18.2 Å². The maximum atomic E-state index is 12.7. The van der Waals surface area contributed by atoms with E-state index in [1.54, 1.807) is 6.07 Å². The van der Waals surface area contributed by atoms with Gasteiger partial charge in [0.05, 0.1) is 5.75 Å². The Kier molecular flexibility index (Phi) is 4.95. The highest BCUT2D eigenvalue weighted by Crippen LogP contribution is 2.36. The van der Waals surface area contributed by atoms with Gasteiger partial charge in [0.25, 0.3) is 0 Å². The van der Waals surface area contributed by atoms with E-state index < -0.39 is 22.7 Å². The van der Waals surface area contributed by atoms with Crippen LogP contribution in [-0.2, 0) is 11.9 Å². The number of carbonyl (C=O) groups is 1. The standard InChI is InChI=1S/C12H7BrF3NO2S2/c13-6-2-1-3-7(4-6)20-5-8-17-10(12(14,15)16)9(21-8)11(18)19/h1-4H,5H2,(H,18,19). The van der Waals surface area contributed by atoms with E-state index in [1.807, 2.05) is 18.2 Å². The average Bonchev–Trinajstić information content (AvgIpc) is 2.81. The first-order chi connectivity index (χ1) is 9.77. The molecule has 1 heterocycles. The summed E-state index contributed by atoms with van der Waals surface area (Å²) in [6.45, 7) is 0. The molecule has 9 heteroatoms. The lowest BCUT2D eigenvalue weighted by Crippen LogP contribution is -2.11. The Labute approximate surface area is 134 Å². The number of alkyl halides is 3. The van der Waals surface area contributed by atoms with E-state index >= 15 is 0 Å². The highest BCUT2D eigenvalue weighted by molar-refractivity contribution is 9.10. The van der Waals surface area contributed by atoms with Crippen molar-refractivity contribution in [2.24, 2.45) is 0 Å². The Morgan fingerprint density at radius 3 is 2.67 bits per heavy atom. The van der Waals surface area contributed by atoms with Crippen LogP contribution >= 0.6 is 39.0 Å². The number of rotatable bonds is 4. The number of aromatic nitrogens is 1. The van der Waals surface area contributed by atoms with Crippen molar-refractivity contribution in [1.29, 1.82) is 0 Å². The van der Waals surface area contributed by atoms with Crippen molar-refractivity contribution in [2.75, 3.05) is 0 Å². The second kappa shape index (κ2) is 6.37. The van der Waals surface area contributed by atoms with Crippen molar-refractivity contribution >= 4 is 45.0 Å². The molecule has 0 saturated heterocycles. The zero-order chi connectivity index (χ0) is 15.6. The predicted octanol–water partition coefficient (Wildman–Crippen LogP) is 4.91. The van der Waals surface area contributed by atoms with Crippen molar-refractivity contribution < 1.29 is 23.1 Å². The summed E-state index contributed by atoms with van der Waals surface area (Å²) in [5.74, 6) is -1.43. The van der Waals surface area contributed by atoms with Gasteiger partial charge in [-0.15, -0.1) is 23.1 Å². The SMILES string of the molecule is O=C(O)c1sc(CSc2cccc(Br)c2)nc1C(F)(F)F. The van der Waals surface area contributed by atoms with Gasteiger partial charge < -0.3 is 5.11 Å². The van der Waals surface area contributed by atoms with Crippen molar-refractivity contribution in [3.05, 3.63) is 44.3 Å². The van der Waals surface area contributed by atoms with Gasteiger partial charge in [-0.3, -0.25) is 0 Å². The first kappa shape index (κ1) is 16.3. The minimum Gasteiger partial charge on any atom is -0.477 e. The molecular weight excluding hydrogens is 391 g/mol. The molecule has 0 atom stereocenters. The summed E-state index contributed by atoms with van der Waals surface area (Å²) < 4.78 is 39.0. The summed E-state index contributed by atoms with van der Waals surface area (Å²) in [6.07, 6.45) is -4.76. The Hall–Kier alpha value is -1.06. The summed E-state index contributed by atoms with van der Waals surface area (Å²) in [7, 11) is 0. The molecule has 0 aliphatic carbocycles. The van der Waals surface area contributed by atoms with Gasteiger partial charge in [-0.2, -0.15) is 13.2 Å². The Balaban J connectivity index is 2.20. The quantitative estimate of drug-likeness (QED) is 0.744. The van der Waals surface area contributed by atoms with Crippen LogP contribution in [0.5, 0.6) is 0 Å². The normalized spacial score (nSPS) is 11.6. The van der Waals surface area contributed by atoms with Gasteiger partial charge in [0.2, 0.25) is 0 Å². The smallest absolute Gasteiger partial charge is 0.435 e. The molecule has 0 aliphatic heterocycles. The van der Waals surface area contributed by atoms with E-state index in [9.17, 15) is 18.0 Å². The van der Waals surface area contributed by atoms with Crippen LogP contribution in [0.25, 0.3) is 0 Å². The number of thiazole rings is 1. The lowest BCUT2D eigenvalue weighted by molar-refractivity contribution is -0.141. The third-order valence-electron chi connectivity index (χ3n) is 2.29. The summed E-state index contributed by atoms with van der Waals surface area (Å²) in [6, 6.07) is 7.27. The van der Waals surface area contributed by atoms with Crippen molar-refractivity contribution in [1.82, 2.24) is 4.98 Å². The van der Waals surface area contributed by atoms with E-state index in [1.165, 1.54) is 11.8 Å². The highest BCUT2D eigenvalue weighted by Gasteiger charge is 2.39. The molecule has 0 amide bonds. The summed E-state index contributed by atoms with van der Waals surface area (Å²) in [4.78, 5) is 14.4. The number of nitrogens with zero attached hydrogens (tertiary/aromatic N) is 1.